The number of benzene rings is 1. The van der Waals surface area contributed by atoms with Gasteiger partial charge in [-0.2, -0.15) is 5.10 Å². The summed E-state index contributed by atoms with van der Waals surface area (Å²) in [4.78, 5) is 19.4. The van der Waals surface area contributed by atoms with E-state index < -0.39 is 0 Å². The second-order valence-corrected chi connectivity index (χ2v) is 7.63. The predicted octanol–water partition coefficient (Wildman–Crippen LogP) is 2.99. The quantitative estimate of drug-likeness (QED) is 0.745. The Bertz CT molecular complexity index is 917. The number of carbonyl (C=O) groups is 1. The van der Waals surface area contributed by atoms with Crippen LogP contribution in [0.15, 0.2) is 30.5 Å². The minimum atomic E-state index is -0.359. The maximum absolute atomic E-state index is 13.7. The van der Waals surface area contributed by atoms with Gasteiger partial charge in [0.15, 0.2) is 11.6 Å². The van der Waals surface area contributed by atoms with Gasteiger partial charge in [0.1, 0.15) is 11.1 Å². The van der Waals surface area contributed by atoms with Crippen LogP contribution in [-0.2, 0) is 6.54 Å². The first-order chi connectivity index (χ1) is 13.1. The SMILES string of the molecule is Cc1nn2cc(CNC(=O)N3CCC(Oc4ccccc4F)CC3)nc2s1. The van der Waals surface area contributed by atoms with Crippen LogP contribution in [0.4, 0.5) is 9.18 Å². The smallest absolute Gasteiger partial charge is 0.317 e. The molecule has 0 unspecified atom stereocenters. The van der Waals surface area contributed by atoms with Crippen molar-refractivity contribution in [2.75, 3.05) is 13.1 Å². The summed E-state index contributed by atoms with van der Waals surface area (Å²) in [7, 11) is 0. The molecule has 4 rings (SSSR count). The monoisotopic (exact) mass is 389 g/mol. The van der Waals surface area contributed by atoms with Crippen molar-refractivity contribution in [2.24, 2.45) is 0 Å². The summed E-state index contributed by atoms with van der Waals surface area (Å²) >= 11 is 1.51. The van der Waals surface area contributed by atoms with Gasteiger partial charge in [-0.3, -0.25) is 0 Å². The van der Waals surface area contributed by atoms with E-state index in [4.69, 9.17) is 4.74 Å². The van der Waals surface area contributed by atoms with Gasteiger partial charge < -0.3 is 15.0 Å². The Hall–Kier alpha value is -2.68. The molecule has 7 nitrogen and oxygen atoms in total. The molecule has 9 heteroatoms. The van der Waals surface area contributed by atoms with Crippen LogP contribution >= 0.6 is 11.3 Å². The molecule has 0 aliphatic carbocycles. The number of amides is 2. The summed E-state index contributed by atoms with van der Waals surface area (Å²) in [6, 6.07) is 6.27. The first kappa shape index (κ1) is 17.7. The van der Waals surface area contributed by atoms with Gasteiger partial charge in [0.2, 0.25) is 4.96 Å². The highest BCUT2D eigenvalue weighted by Crippen LogP contribution is 2.22. The largest absolute Gasteiger partial charge is 0.487 e. The van der Waals surface area contributed by atoms with Crippen molar-refractivity contribution in [3.05, 3.63) is 47.0 Å². The van der Waals surface area contributed by atoms with E-state index in [1.54, 1.807) is 27.6 Å². The molecule has 2 aromatic heterocycles. The fourth-order valence-corrected chi connectivity index (χ4v) is 3.85. The number of aromatic nitrogens is 3. The van der Waals surface area contributed by atoms with Gasteiger partial charge >= 0.3 is 6.03 Å². The second-order valence-electron chi connectivity index (χ2n) is 6.47. The summed E-state index contributed by atoms with van der Waals surface area (Å²) < 4.78 is 21.1. The van der Waals surface area contributed by atoms with Gasteiger partial charge in [0.25, 0.3) is 0 Å². The van der Waals surface area contributed by atoms with Crippen LogP contribution in [0.3, 0.4) is 0 Å². The topological polar surface area (TPSA) is 71.8 Å². The van der Waals surface area contributed by atoms with Gasteiger partial charge in [-0.05, 0) is 19.1 Å². The molecule has 0 radical (unpaired) electrons. The second kappa shape index (κ2) is 7.51. The van der Waals surface area contributed by atoms with Crippen molar-refractivity contribution in [1.82, 2.24) is 24.8 Å². The number of urea groups is 1. The summed E-state index contributed by atoms with van der Waals surface area (Å²) in [5.74, 6) is -0.0914. The zero-order chi connectivity index (χ0) is 18.8. The van der Waals surface area contributed by atoms with Gasteiger partial charge in [0.05, 0.1) is 18.4 Å². The molecule has 1 aliphatic rings. The number of likely N-dealkylation sites (tertiary alicyclic amines) is 1. The number of carbonyl (C=O) groups excluding carboxylic acids is 1. The Morgan fingerprint density at radius 3 is 2.89 bits per heavy atom. The number of aryl methyl sites for hydroxylation is 1. The Balaban J connectivity index is 1.25. The fraction of sp³-hybridized carbons (Fsp3) is 0.389. The van der Waals surface area contributed by atoms with Gasteiger partial charge in [0, 0.05) is 25.9 Å². The molecular formula is C18H20FN5O2S. The third kappa shape index (κ3) is 4.02. The normalized spacial score (nSPS) is 15.3. The summed E-state index contributed by atoms with van der Waals surface area (Å²) in [6.45, 7) is 3.44. The van der Waals surface area contributed by atoms with Crippen LogP contribution in [0.5, 0.6) is 5.75 Å². The van der Waals surface area contributed by atoms with E-state index in [1.165, 1.54) is 17.4 Å². The Labute approximate surface area is 159 Å². The number of hydrogen-bond donors (Lipinski definition) is 1. The van der Waals surface area contributed by atoms with Crippen molar-refractivity contribution in [3.8, 4) is 5.75 Å². The average molecular weight is 389 g/mol. The lowest BCUT2D eigenvalue weighted by Gasteiger charge is -2.32. The summed E-state index contributed by atoms with van der Waals surface area (Å²) in [6.07, 6.45) is 3.09. The molecule has 0 atom stereocenters. The van der Waals surface area contributed by atoms with E-state index in [9.17, 15) is 9.18 Å². The highest BCUT2D eigenvalue weighted by atomic mass is 32.1. The molecule has 1 aliphatic heterocycles. The van der Waals surface area contributed by atoms with E-state index in [0.29, 0.717) is 32.5 Å². The fourth-order valence-electron chi connectivity index (χ4n) is 3.10. The van der Waals surface area contributed by atoms with Crippen LogP contribution < -0.4 is 10.1 Å². The number of piperidine rings is 1. The molecule has 27 heavy (non-hydrogen) atoms. The molecule has 0 spiro atoms. The minimum absolute atomic E-state index is 0.0832. The van der Waals surface area contributed by atoms with Crippen LogP contribution in [0.2, 0.25) is 0 Å². The van der Waals surface area contributed by atoms with Crippen LogP contribution in [0.25, 0.3) is 4.96 Å². The number of imidazole rings is 1. The average Bonchev–Trinajstić information content (AvgIpc) is 3.19. The maximum atomic E-state index is 13.7. The zero-order valence-electron chi connectivity index (χ0n) is 14.9. The number of hydrogen-bond acceptors (Lipinski definition) is 5. The lowest BCUT2D eigenvalue weighted by Crippen LogP contribution is -2.46. The molecule has 0 bridgehead atoms. The molecule has 3 aromatic rings. The lowest BCUT2D eigenvalue weighted by atomic mass is 10.1. The van der Waals surface area contributed by atoms with Crippen molar-refractivity contribution in [2.45, 2.75) is 32.4 Å². The van der Waals surface area contributed by atoms with E-state index in [2.05, 4.69) is 15.4 Å². The Morgan fingerprint density at radius 2 is 2.15 bits per heavy atom. The van der Waals surface area contributed by atoms with E-state index in [-0.39, 0.29) is 23.7 Å². The molecule has 2 amide bonds. The molecule has 142 valence electrons. The summed E-state index contributed by atoms with van der Waals surface area (Å²) in [5, 5.41) is 8.16. The Morgan fingerprint density at radius 1 is 1.37 bits per heavy atom. The molecule has 1 saturated heterocycles. The Kier molecular flexibility index (Phi) is 4.93. The number of nitrogens with one attached hydrogen (secondary N) is 1. The third-order valence-electron chi connectivity index (χ3n) is 4.47. The van der Waals surface area contributed by atoms with Crippen molar-refractivity contribution >= 4 is 22.3 Å². The van der Waals surface area contributed by atoms with E-state index in [1.807, 2.05) is 13.1 Å². The standard InChI is InChI=1S/C18H20FN5O2S/c1-12-22-24-11-13(21-18(24)27-12)10-20-17(25)23-8-6-14(7-9-23)26-16-5-3-2-4-15(16)19/h2-5,11,14H,6-10H2,1H3,(H,20,25). The van der Waals surface area contributed by atoms with Gasteiger partial charge in [-0.15, -0.1) is 0 Å². The number of para-hydroxylation sites is 1. The van der Waals surface area contributed by atoms with E-state index >= 15 is 0 Å². The van der Waals surface area contributed by atoms with E-state index in [0.717, 1.165) is 15.7 Å². The number of rotatable bonds is 4. The summed E-state index contributed by atoms with van der Waals surface area (Å²) in [5.41, 5.74) is 0.778. The van der Waals surface area contributed by atoms with Crippen molar-refractivity contribution in [1.29, 1.82) is 0 Å². The molecule has 1 N–H and O–H groups in total. The number of halogens is 1. The van der Waals surface area contributed by atoms with Crippen molar-refractivity contribution in [3.63, 3.8) is 0 Å². The number of ether oxygens (including phenoxy) is 1. The highest BCUT2D eigenvalue weighted by Gasteiger charge is 2.24. The molecule has 3 heterocycles. The maximum Gasteiger partial charge on any atom is 0.317 e. The lowest BCUT2D eigenvalue weighted by molar-refractivity contribution is 0.107. The first-order valence-corrected chi connectivity index (χ1v) is 9.66. The van der Waals surface area contributed by atoms with Gasteiger partial charge in [-0.25, -0.2) is 18.7 Å². The number of nitrogens with zero attached hydrogens (tertiary/aromatic N) is 4. The predicted molar refractivity (Wildman–Crippen MR) is 99.5 cm³/mol. The molecular weight excluding hydrogens is 369 g/mol. The first-order valence-electron chi connectivity index (χ1n) is 8.84. The molecule has 1 fully saturated rings. The van der Waals surface area contributed by atoms with Crippen molar-refractivity contribution < 1.29 is 13.9 Å². The van der Waals surface area contributed by atoms with Crippen LogP contribution in [0.1, 0.15) is 23.5 Å². The van der Waals surface area contributed by atoms with Crippen LogP contribution in [-0.4, -0.2) is 44.7 Å². The van der Waals surface area contributed by atoms with Gasteiger partial charge in [-0.1, -0.05) is 23.5 Å². The zero-order valence-corrected chi connectivity index (χ0v) is 15.7. The third-order valence-corrected chi connectivity index (χ3v) is 5.31. The minimum Gasteiger partial charge on any atom is -0.487 e. The molecule has 0 saturated carbocycles. The molecule has 1 aromatic carbocycles. The van der Waals surface area contributed by atoms with Crippen LogP contribution in [0, 0.1) is 12.7 Å². The number of fused-ring (bicyclic) bond motifs is 1. The highest BCUT2D eigenvalue weighted by molar-refractivity contribution is 7.16.